The zero-order valence-corrected chi connectivity index (χ0v) is 17.1. The van der Waals surface area contributed by atoms with Crippen LogP contribution >= 0.6 is 0 Å². The Morgan fingerprint density at radius 2 is 1.43 bits per heavy atom. The van der Waals surface area contributed by atoms with Crippen LogP contribution in [0, 0.1) is 0 Å². The highest BCUT2D eigenvalue weighted by Crippen LogP contribution is 2.26. The molecule has 150 valence electrons. The Kier molecular flexibility index (Phi) is 6.35. The molecular weight excluding hydrogens is 370 g/mol. The Balaban J connectivity index is 1.62. The van der Waals surface area contributed by atoms with Gasteiger partial charge in [-0.3, -0.25) is 0 Å². The number of hydrogen-bond donors (Lipinski definition) is 1. The topological polar surface area (TPSA) is 47.0 Å². The lowest BCUT2D eigenvalue weighted by Gasteiger charge is -2.11. The van der Waals surface area contributed by atoms with Gasteiger partial charge in [-0.1, -0.05) is 74.0 Å². The van der Waals surface area contributed by atoms with Gasteiger partial charge in [0.25, 0.3) is 0 Å². The lowest BCUT2D eigenvalue weighted by Crippen LogP contribution is -2.00. The number of ether oxygens (including phenoxy) is 1. The molecule has 0 saturated carbocycles. The maximum absolute atomic E-state index is 5.75. The van der Waals surface area contributed by atoms with Gasteiger partial charge < -0.3 is 10.1 Å². The molecule has 0 amide bonds. The lowest BCUT2D eigenvalue weighted by molar-refractivity contribution is 0.309. The van der Waals surface area contributed by atoms with Crippen LogP contribution in [0.2, 0.25) is 0 Å². The van der Waals surface area contributed by atoms with Crippen LogP contribution in [0.3, 0.4) is 0 Å². The van der Waals surface area contributed by atoms with Crippen molar-refractivity contribution in [3.8, 4) is 28.4 Å². The molecule has 0 fully saturated rings. The maximum atomic E-state index is 5.75. The average Bonchev–Trinajstić information content (AvgIpc) is 2.81. The third kappa shape index (κ3) is 5.03. The van der Waals surface area contributed by atoms with E-state index in [4.69, 9.17) is 14.7 Å². The molecule has 0 aliphatic heterocycles. The maximum Gasteiger partial charge on any atom is 0.162 e. The van der Waals surface area contributed by atoms with Crippen LogP contribution < -0.4 is 10.1 Å². The van der Waals surface area contributed by atoms with Crippen LogP contribution in [0.1, 0.15) is 19.8 Å². The molecule has 0 aliphatic rings. The van der Waals surface area contributed by atoms with E-state index >= 15 is 0 Å². The molecule has 0 unspecified atom stereocenters. The van der Waals surface area contributed by atoms with Gasteiger partial charge in [0, 0.05) is 22.9 Å². The van der Waals surface area contributed by atoms with Crippen molar-refractivity contribution in [2.45, 2.75) is 19.8 Å². The SMILES string of the molecule is CCCCOc1ccc(Nc2cc(-c3ccccc3)nc(-c3ccccc3)n2)cc1. The van der Waals surface area contributed by atoms with Crippen LogP contribution in [-0.2, 0) is 0 Å². The molecule has 30 heavy (non-hydrogen) atoms. The van der Waals surface area contributed by atoms with Crippen LogP contribution in [-0.4, -0.2) is 16.6 Å². The van der Waals surface area contributed by atoms with Gasteiger partial charge in [-0.2, -0.15) is 0 Å². The second-order valence-electron chi connectivity index (χ2n) is 7.05. The molecule has 0 spiro atoms. The van der Waals surface area contributed by atoms with E-state index in [0.717, 1.165) is 53.5 Å². The molecule has 1 heterocycles. The molecule has 1 aromatic heterocycles. The predicted octanol–water partition coefficient (Wildman–Crippen LogP) is 6.73. The highest BCUT2D eigenvalue weighted by molar-refractivity contribution is 5.70. The number of nitrogens with one attached hydrogen (secondary N) is 1. The van der Waals surface area contributed by atoms with Crippen molar-refractivity contribution in [3.63, 3.8) is 0 Å². The van der Waals surface area contributed by atoms with Crippen molar-refractivity contribution in [2.24, 2.45) is 0 Å². The zero-order valence-electron chi connectivity index (χ0n) is 17.1. The fourth-order valence-electron chi connectivity index (χ4n) is 3.10. The quantitative estimate of drug-likeness (QED) is 0.336. The first-order valence-electron chi connectivity index (χ1n) is 10.3. The summed E-state index contributed by atoms with van der Waals surface area (Å²) >= 11 is 0. The zero-order chi connectivity index (χ0) is 20.6. The summed E-state index contributed by atoms with van der Waals surface area (Å²) < 4.78 is 5.75. The van der Waals surface area contributed by atoms with E-state index in [0.29, 0.717) is 5.82 Å². The van der Waals surface area contributed by atoms with E-state index in [1.165, 1.54) is 0 Å². The Morgan fingerprint density at radius 1 is 0.767 bits per heavy atom. The summed E-state index contributed by atoms with van der Waals surface area (Å²) in [7, 11) is 0. The third-order valence-electron chi connectivity index (χ3n) is 4.72. The van der Waals surface area contributed by atoms with Crippen molar-refractivity contribution in [1.82, 2.24) is 9.97 Å². The summed E-state index contributed by atoms with van der Waals surface area (Å²) in [5.74, 6) is 2.33. The van der Waals surface area contributed by atoms with E-state index < -0.39 is 0 Å². The monoisotopic (exact) mass is 395 g/mol. The van der Waals surface area contributed by atoms with Gasteiger partial charge in [0.1, 0.15) is 11.6 Å². The Morgan fingerprint density at radius 3 is 2.10 bits per heavy atom. The van der Waals surface area contributed by atoms with Crippen molar-refractivity contribution in [2.75, 3.05) is 11.9 Å². The standard InChI is InChI=1S/C26H25N3O/c1-2-3-18-30-23-16-14-22(15-17-23)27-25-19-24(20-10-6-4-7-11-20)28-26(29-25)21-12-8-5-9-13-21/h4-17,19H,2-3,18H2,1H3,(H,27,28,29). The molecule has 4 aromatic rings. The van der Waals surface area contributed by atoms with Crippen LogP contribution in [0.5, 0.6) is 5.75 Å². The molecular formula is C26H25N3O. The molecule has 4 rings (SSSR count). The number of benzene rings is 3. The molecule has 4 heteroatoms. The second-order valence-corrected chi connectivity index (χ2v) is 7.05. The first-order chi connectivity index (χ1) is 14.8. The minimum Gasteiger partial charge on any atom is -0.494 e. The van der Waals surface area contributed by atoms with Gasteiger partial charge in [0.15, 0.2) is 5.82 Å². The normalized spacial score (nSPS) is 10.6. The summed E-state index contributed by atoms with van der Waals surface area (Å²) in [6.07, 6.45) is 2.19. The summed E-state index contributed by atoms with van der Waals surface area (Å²) in [6.45, 7) is 2.90. The highest BCUT2D eigenvalue weighted by Gasteiger charge is 2.09. The van der Waals surface area contributed by atoms with E-state index in [9.17, 15) is 0 Å². The van der Waals surface area contributed by atoms with E-state index in [1.54, 1.807) is 0 Å². The second kappa shape index (κ2) is 9.70. The highest BCUT2D eigenvalue weighted by atomic mass is 16.5. The summed E-state index contributed by atoms with van der Waals surface area (Å²) in [4.78, 5) is 9.55. The van der Waals surface area contributed by atoms with Crippen molar-refractivity contribution in [3.05, 3.63) is 91.0 Å². The van der Waals surface area contributed by atoms with Gasteiger partial charge in [0.05, 0.1) is 12.3 Å². The van der Waals surface area contributed by atoms with Gasteiger partial charge >= 0.3 is 0 Å². The molecule has 0 radical (unpaired) electrons. The minimum absolute atomic E-state index is 0.693. The predicted molar refractivity (Wildman–Crippen MR) is 123 cm³/mol. The molecule has 0 atom stereocenters. The van der Waals surface area contributed by atoms with E-state index in [1.807, 2.05) is 78.9 Å². The first kappa shape index (κ1) is 19.6. The number of unbranched alkanes of at least 4 members (excludes halogenated alkanes) is 1. The number of anilines is 2. The first-order valence-corrected chi connectivity index (χ1v) is 10.3. The van der Waals surface area contributed by atoms with Gasteiger partial charge in [-0.15, -0.1) is 0 Å². The van der Waals surface area contributed by atoms with Crippen molar-refractivity contribution >= 4 is 11.5 Å². The number of aromatic nitrogens is 2. The Bertz CT molecular complexity index is 1010. The van der Waals surface area contributed by atoms with Crippen molar-refractivity contribution < 1.29 is 4.74 Å². The number of rotatable bonds is 8. The van der Waals surface area contributed by atoms with Crippen LogP contribution in [0.25, 0.3) is 22.6 Å². The Hall–Kier alpha value is -3.66. The largest absolute Gasteiger partial charge is 0.494 e. The summed E-state index contributed by atoms with van der Waals surface area (Å²) in [6, 6.07) is 30.2. The fraction of sp³-hybridized carbons (Fsp3) is 0.154. The molecule has 1 N–H and O–H groups in total. The fourth-order valence-corrected chi connectivity index (χ4v) is 3.10. The lowest BCUT2D eigenvalue weighted by atomic mass is 10.1. The number of nitrogens with zero attached hydrogens (tertiary/aromatic N) is 2. The van der Waals surface area contributed by atoms with Crippen LogP contribution in [0.15, 0.2) is 91.0 Å². The van der Waals surface area contributed by atoms with Gasteiger partial charge in [-0.05, 0) is 30.7 Å². The van der Waals surface area contributed by atoms with Crippen molar-refractivity contribution in [1.29, 1.82) is 0 Å². The molecule has 4 nitrogen and oxygen atoms in total. The van der Waals surface area contributed by atoms with Gasteiger partial charge in [-0.25, -0.2) is 9.97 Å². The van der Waals surface area contributed by atoms with Gasteiger partial charge in [0.2, 0.25) is 0 Å². The number of hydrogen-bond acceptors (Lipinski definition) is 4. The summed E-state index contributed by atoms with van der Waals surface area (Å²) in [5.41, 5.74) is 3.87. The van der Waals surface area contributed by atoms with Crippen LogP contribution in [0.4, 0.5) is 11.5 Å². The summed E-state index contributed by atoms with van der Waals surface area (Å²) in [5, 5.41) is 3.41. The average molecular weight is 396 g/mol. The smallest absolute Gasteiger partial charge is 0.162 e. The minimum atomic E-state index is 0.693. The van der Waals surface area contributed by atoms with E-state index in [-0.39, 0.29) is 0 Å². The molecule has 0 bridgehead atoms. The molecule has 0 saturated heterocycles. The Labute approximate surface area is 177 Å². The van der Waals surface area contributed by atoms with E-state index in [2.05, 4.69) is 24.4 Å². The molecule has 3 aromatic carbocycles. The molecule has 0 aliphatic carbocycles. The third-order valence-corrected chi connectivity index (χ3v) is 4.72.